The van der Waals surface area contributed by atoms with Gasteiger partial charge in [-0.1, -0.05) is 0 Å². The normalized spacial score (nSPS) is 9.33. The zero-order chi connectivity index (χ0) is 13.5. The Labute approximate surface area is 102 Å². The van der Waals surface area contributed by atoms with Gasteiger partial charge in [-0.15, -0.1) is 0 Å². The number of nitrogens with zero attached hydrogens (tertiary/aromatic N) is 1. The van der Waals surface area contributed by atoms with Crippen LogP contribution in [0.3, 0.4) is 0 Å². The molecule has 0 unspecified atom stereocenters. The SMILES string of the molecule is N#CCNC(=O)COC(=O)c1cc(F)ccc1N. The molecule has 0 aliphatic carbocycles. The van der Waals surface area contributed by atoms with Gasteiger partial charge in [-0.25, -0.2) is 9.18 Å². The molecule has 1 rings (SSSR count). The Morgan fingerprint density at radius 1 is 1.50 bits per heavy atom. The van der Waals surface area contributed by atoms with Gasteiger partial charge in [-0.05, 0) is 18.2 Å². The molecule has 0 saturated heterocycles. The fourth-order valence-electron chi connectivity index (χ4n) is 1.10. The van der Waals surface area contributed by atoms with Gasteiger partial charge in [0.05, 0.1) is 11.6 Å². The zero-order valence-corrected chi connectivity index (χ0v) is 9.27. The number of anilines is 1. The minimum atomic E-state index is -0.904. The molecule has 0 heterocycles. The Hall–Kier alpha value is -2.62. The predicted octanol–water partition coefficient (Wildman–Crippen LogP) is 0.204. The highest BCUT2D eigenvalue weighted by Gasteiger charge is 2.13. The Kier molecular flexibility index (Phi) is 4.63. The molecule has 0 aliphatic rings. The quantitative estimate of drug-likeness (QED) is 0.452. The van der Waals surface area contributed by atoms with Crippen molar-refractivity contribution in [3.05, 3.63) is 29.6 Å². The molecule has 0 saturated carbocycles. The summed E-state index contributed by atoms with van der Waals surface area (Å²) < 4.78 is 17.5. The lowest BCUT2D eigenvalue weighted by molar-refractivity contribution is -0.123. The van der Waals surface area contributed by atoms with Crippen LogP contribution in [0, 0.1) is 17.1 Å². The molecule has 0 atom stereocenters. The molecule has 3 N–H and O–H groups in total. The number of carbonyl (C=O) groups is 2. The van der Waals surface area contributed by atoms with Crippen LogP contribution in [-0.4, -0.2) is 25.0 Å². The second-order valence-corrected chi connectivity index (χ2v) is 3.24. The molecule has 18 heavy (non-hydrogen) atoms. The van der Waals surface area contributed by atoms with Crippen LogP contribution in [0.15, 0.2) is 18.2 Å². The highest BCUT2D eigenvalue weighted by atomic mass is 19.1. The summed E-state index contributed by atoms with van der Waals surface area (Å²) in [6.45, 7) is -0.741. The topological polar surface area (TPSA) is 105 Å². The van der Waals surface area contributed by atoms with Gasteiger partial charge in [-0.2, -0.15) is 5.26 Å². The van der Waals surface area contributed by atoms with Crippen LogP contribution in [0.1, 0.15) is 10.4 Å². The van der Waals surface area contributed by atoms with Crippen molar-refractivity contribution < 1.29 is 18.7 Å². The first-order valence-corrected chi connectivity index (χ1v) is 4.90. The third kappa shape index (κ3) is 3.75. The molecule has 6 nitrogen and oxygen atoms in total. The number of ether oxygens (including phenoxy) is 1. The number of hydrogen-bond donors (Lipinski definition) is 2. The largest absolute Gasteiger partial charge is 0.452 e. The maximum atomic E-state index is 12.9. The second-order valence-electron chi connectivity index (χ2n) is 3.24. The number of nitrogen functional groups attached to an aromatic ring is 1. The highest BCUT2D eigenvalue weighted by molar-refractivity contribution is 5.96. The molecular weight excluding hydrogens is 241 g/mol. The lowest BCUT2D eigenvalue weighted by atomic mass is 10.2. The molecule has 94 valence electrons. The minimum Gasteiger partial charge on any atom is -0.452 e. The van der Waals surface area contributed by atoms with Crippen molar-refractivity contribution in [2.75, 3.05) is 18.9 Å². The van der Waals surface area contributed by atoms with E-state index in [0.717, 1.165) is 12.1 Å². The zero-order valence-electron chi connectivity index (χ0n) is 9.27. The lowest BCUT2D eigenvalue weighted by Gasteiger charge is -2.06. The number of nitrogens with two attached hydrogens (primary N) is 1. The van der Waals surface area contributed by atoms with Gasteiger partial charge in [0.2, 0.25) is 0 Å². The summed E-state index contributed by atoms with van der Waals surface area (Å²) in [6, 6.07) is 4.94. The molecule has 0 spiro atoms. The Balaban J connectivity index is 2.58. The van der Waals surface area contributed by atoms with E-state index in [1.54, 1.807) is 6.07 Å². The Bertz CT molecular complexity index is 511. The molecule has 0 aliphatic heterocycles. The van der Waals surface area contributed by atoms with Crippen molar-refractivity contribution in [1.82, 2.24) is 5.32 Å². The lowest BCUT2D eigenvalue weighted by Crippen LogP contribution is -2.29. The molecule has 0 aromatic heterocycles. The minimum absolute atomic E-state index is 0.0545. The number of amides is 1. The number of nitrogens with one attached hydrogen (secondary N) is 1. The van der Waals surface area contributed by atoms with Crippen molar-refractivity contribution in [2.24, 2.45) is 0 Å². The molecule has 0 bridgehead atoms. The average Bonchev–Trinajstić information content (AvgIpc) is 2.36. The van der Waals surface area contributed by atoms with E-state index in [0.29, 0.717) is 0 Å². The van der Waals surface area contributed by atoms with E-state index in [1.165, 1.54) is 6.07 Å². The molecule has 1 amide bonds. The van der Waals surface area contributed by atoms with Gasteiger partial charge in [-0.3, -0.25) is 4.79 Å². The number of rotatable bonds is 4. The van der Waals surface area contributed by atoms with Crippen LogP contribution >= 0.6 is 0 Å². The summed E-state index contributed by atoms with van der Waals surface area (Å²) in [6.07, 6.45) is 0. The first kappa shape index (κ1) is 13.4. The molecule has 7 heteroatoms. The van der Waals surface area contributed by atoms with Gasteiger partial charge in [0.25, 0.3) is 5.91 Å². The number of esters is 1. The maximum absolute atomic E-state index is 12.9. The number of benzene rings is 1. The summed E-state index contributed by atoms with van der Waals surface area (Å²) in [7, 11) is 0. The van der Waals surface area contributed by atoms with E-state index < -0.39 is 24.3 Å². The summed E-state index contributed by atoms with van der Waals surface area (Å²) in [5.41, 5.74) is 5.37. The first-order chi connectivity index (χ1) is 8.54. The van der Waals surface area contributed by atoms with E-state index in [1.807, 2.05) is 0 Å². The Morgan fingerprint density at radius 2 is 2.22 bits per heavy atom. The number of carbonyl (C=O) groups excluding carboxylic acids is 2. The third-order valence-electron chi connectivity index (χ3n) is 1.93. The monoisotopic (exact) mass is 251 g/mol. The highest BCUT2D eigenvalue weighted by Crippen LogP contribution is 2.14. The van der Waals surface area contributed by atoms with E-state index in [9.17, 15) is 14.0 Å². The van der Waals surface area contributed by atoms with Crippen molar-refractivity contribution in [3.8, 4) is 6.07 Å². The predicted molar refractivity (Wildman–Crippen MR) is 59.7 cm³/mol. The van der Waals surface area contributed by atoms with Gasteiger partial charge < -0.3 is 15.8 Å². The second kappa shape index (κ2) is 6.20. The summed E-state index contributed by atoms with van der Waals surface area (Å²) >= 11 is 0. The van der Waals surface area contributed by atoms with Gasteiger partial charge in [0.1, 0.15) is 12.4 Å². The van der Waals surface area contributed by atoms with Crippen LogP contribution in [0.2, 0.25) is 0 Å². The summed E-state index contributed by atoms with van der Waals surface area (Å²) in [5, 5.41) is 10.4. The van der Waals surface area contributed by atoms with Crippen molar-refractivity contribution in [2.45, 2.75) is 0 Å². The van der Waals surface area contributed by atoms with Gasteiger partial charge in [0, 0.05) is 5.69 Å². The van der Waals surface area contributed by atoms with Crippen LogP contribution < -0.4 is 11.1 Å². The first-order valence-electron chi connectivity index (χ1n) is 4.90. The summed E-state index contributed by atoms with van der Waals surface area (Å²) in [5.74, 6) is -2.16. The number of halogens is 1. The third-order valence-corrected chi connectivity index (χ3v) is 1.93. The van der Waals surface area contributed by atoms with Crippen molar-refractivity contribution in [1.29, 1.82) is 5.26 Å². The van der Waals surface area contributed by atoms with E-state index in [-0.39, 0.29) is 17.8 Å². The summed E-state index contributed by atoms with van der Waals surface area (Å²) in [4.78, 5) is 22.5. The molecular formula is C11H10FN3O3. The molecule has 0 radical (unpaired) electrons. The van der Waals surface area contributed by atoms with Gasteiger partial charge >= 0.3 is 5.97 Å². The molecule has 1 aromatic carbocycles. The molecule has 0 fully saturated rings. The van der Waals surface area contributed by atoms with Crippen LogP contribution in [0.25, 0.3) is 0 Å². The van der Waals surface area contributed by atoms with Crippen LogP contribution in [-0.2, 0) is 9.53 Å². The van der Waals surface area contributed by atoms with Crippen molar-refractivity contribution in [3.63, 3.8) is 0 Å². The molecule has 1 aromatic rings. The average molecular weight is 251 g/mol. The van der Waals surface area contributed by atoms with E-state index in [4.69, 9.17) is 11.0 Å². The van der Waals surface area contributed by atoms with E-state index >= 15 is 0 Å². The van der Waals surface area contributed by atoms with Crippen molar-refractivity contribution >= 4 is 17.6 Å². The maximum Gasteiger partial charge on any atom is 0.340 e. The van der Waals surface area contributed by atoms with E-state index in [2.05, 4.69) is 10.1 Å². The number of nitriles is 1. The van der Waals surface area contributed by atoms with Crippen LogP contribution in [0.4, 0.5) is 10.1 Å². The van der Waals surface area contributed by atoms with Crippen LogP contribution in [0.5, 0.6) is 0 Å². The Morgan fingerprint density at radius 3 is 2.89 bits per heavy atom. The fourth-order valence-corrected chi connectivity index (χ4v) is 1.10. The van der Waals surface area contributed by atoms with Gasteiger partial charge in [0.15, 0.2) is 6.61 Å². The standard InChI is InChI=1S/C11H10FN3O3/c12-7-1-2-9(14)8(5-7)11(17)18-6-10(16)15-4-3-13/h1-2,5H,4,6,14H2,(H,15,16). The smallest absolute Gasteiger partial charge is 0.340 e. The number of hydrogen-bond acceptors (Lipinski definition) is 5. The fraction of sp³-hybridized carbons (Fsp3) is 0.182.